The first-order valence-corrected chi connectivity index (χ1v) is 14.5. The van der Waals surface area contributed by atoms with Crippen LogP contribution in [0.3, 0.4) is 0 Å². The molecule has 1 aromatic heterocycles. The minimum absolute atomic E-state index is 0.130. The van der Waals surface area contributed by atoms with Gasteiger partial charge in [0.25, 0.3) is 5.91 Å². The van der Waals surface area contributed by atoms with Gasteiger partial charge < -0.3 is 15.2 Å². The van der Waals surface area contributed by atoms with Gasteiger partial charge in [-0.3, -0.25) is 9.00 Å². The molecule has 1 aliphatic rings. The van der Waals surface area contributed by atoms with Gasteiger partial charge in [-0.1, -0.05) is 41.9 Å². The standard InChI is InChI=1S/C29H27ClF3N3O2S/c30-22-10-8-21(9-11-22)28(37)34-17-19-4-6-20(7-5-19)27-16-24-25(35-23-12-14-39(38)15-13-23)2-1-3-26(24)36(27)18-29(31,32)33/h1-11,16,23,35H,12-15,17-18H2,(H,34,37). The Morgan fingerprint density at radius 1 is 1.00 bits per heavy atom. The predicted molar refractivity (Wildman–Crippen MR) is 151 cm³/mol. The van der Waals surface area contributed by atoms with Crippen LogP contribution in [-0.4, -0.2) is 38.4 Å². The van der Waals surface area contributed by atoms with Crippen LogP contribution < -0.4 is 10.6 Å². The molecular formula is C29H27ClF3N3O2S. The molecule has 1 aliphatic heterocycles. The quantitative estimate of drug-likeness (QED) is 0.256. The van der Waals surface area contributed by atoms with E-state index in [1.807, 2.05) is 6.07 Å². The van der Waals surface area contributed by atoms with E-state index in [0.29, 0.717) is 44.3 Å². The SMILES string of the molecule is O=C(NCc1ccc(-c2cc3c(NC4CCS(=O)CC4)cccc3n2CC(F)(F)F)cc1)c1ccc(Cl)cc1. The van der Waals surface area contributed by atoms with E-state index in [1.165, 1.54) is 4.57 Å². The minimum atomic E-state index is -4.40. The Balaban J connectivity index is 1.40. The highest BCUT2D eigenvalue weighted by molar-refractivity contribution is 7.85. The lowest BCUT2D eigenvalue weighted by Gasteiger charge is -2.24. The van der Waals surface area contributed by atoms with Crippen LogP contribution in [0.4, 0.5) is 18.9 Å². The molecule has 0 spiro atoms. The van der Waals surface area contributed by atoms with Gasteiger partial charge in [-0.05, 0) is 66.4 Å². The topological polar surface area (TPSA) is 63.1 Å². The molecule has 2 N–H and O–H groups in total. The van der Waals surface area contributed by atoms with E-state index in [1.54, 1.807) is 66.7 Å². The summed E-state index contributed by atoms with van der Waals surface area (Å²) in [6.07, 6.45) is -2.88. The molecular weight excluding hydrogens is 547 g/mol. The second kappa shape index (κ2) is 11.4. The van der Waals surface area contributed by atoms with Gasteiger partial charge in [0, 0.05) is 62.2 Å². The molecule has 1 saturated heterocycles. The average Bonchev–Trinajstić information content (AvgIpc) is 3.27. The number of carbonyl (C=O) groups excluding carboxylic acids is 1. The summed E-state index contributed by atoms with van der Waals surface area (Å²) in [6, 6.07) is 21.0. The zero-order chi connectivity index (χ0) is 27.6. The van der Waals surface area contributed by atoms with Crippen molar-refractivity contribution in [3.63, 3.8) is 0 Å². The Morgan fingerprint density at radius 3 is 2.36 bits per heavy atom. The van der Waals surface area contributed by atoms with Crippen molar-refractivity contribution in [3.8, 4) is 11.3 Å². The van der Waals surface area contributed by atoms with Crippen molar-refractivity contribution in [2.24, 2.45) is 0 Å². The number of anilines is 1. The molecule has 1 fully saturated rings. The number of aromatic nitrogens is 1. The average molecular weight is 574 g/mol. The van der Waals surface area contributed by atoms with E-state index in [-0.39, 0.29) is 18.5 Å². The van der Waals surface area contributed by atoms with Crippen LogP contribution in [0.25, 0.3) is 22.2 Å². The van der Waals surface area contributed by atoms with Crippen LogP contribution >= 0.6 is 11.6 Å². The van der Waals surface area contributed by atoms with Gasteiger partial charge in [0.2, 0.25) is 0 Å². The molecule has 1 amide bonds. The lowest BCUT2D eigenvalue weighted by Crippen LogP contribution is -2.29. The van der Waals surface area contributed by atoms with Crippen molar-refractivity contribution >= 4 is 44.9 Å². The van der Waals surface area contributed by atoms with Gasteiger partial charge >= 0.3 is 6.18 Å². The number of rotatable bonds is 7. The molecule has 0 aliphatic carbocycles. The van der Waals surface area contributed by atoms with Gasteiger partial charge in [0.05, 0.1) is 5.52 Å². The maximum Gasteiger partial charge on any atom is 0.406 e. The minimum Gasteiger partial charge on any atom is -0.382 e. The number of nitrogens with one attached hydrogen (secondary N) is 2. The number of benzene rings is 3. The molecule has 2 heterocycles. The fraction of sp³-hybridized carbons (Fsp3) is 0.276. The lowest BCUT2D eigenvalue weighted by molar-refractivity contribution is -0.139. The Labute approximate surface area is 231 Å². The summed E-state index contributed by atoms with van der Waals surface area (Å²) in [5.41, 5.74) is 3.66. The molecule has 3 aromatic carbocycles. The predicted octanol–water partition coefficient (Wildman–Crippen LogP) is 6.78. The van der Waals surface area contributed by atoms with E-state index >= 15 is 0 Å². The molecule has 0 radical (unpaired) electrons. The van der Waals surface area contributed by atoms with Gasteiger partial charge in [-0.25, -0.2) is 0 Å². The van der Waals surface area contributed by atoms with Crippen LogP contribution in [0.1, 0.15) is 28.8 Å². The van der Waals surface area contributed by atoms with E-state index in [0.717, 1.165) is 24.1 Å². The largest absolute Gasteiger partial charge is 0.406 e. The Hall–Kier alpha value is -3.30. The summed E-state index contributed by atoms with van der Waals surface area (Å²) in [6.45, 7) is -0.843. The summed E-state index contributed by atoms with van der Waals surface area (Å²) in [4.78, 5) is 12.4. The molecule has 0 bridgehead atoms. The van der Waals surface area contributed by atoms with Gasteiger partial charge in [0.15, 0.2) is 0 Å². The van der Waals surface area contributed by atoms with Crippen LogP contribution in [0.5, 0.6) is 0 Å². The van der Waals surface area contributed by atoms with Gasteiger partial charge in [0.1, 0.15) is 6.54 Å². The van der Waals surface area contributed by atoms with Crippen molar-refractivity contribution in [2.75, 3.05) is 16.8 Å². The van der Waals surface area contributed by atoms with E-state index in [4.69, 9.17) is 11.6 Å². The number of fused-ring (bicyclic) bond motifs is 1. The highest BCUT2D eigenvalue weighted by atomic mass is 35.5. The first-order chi connectivity index (χ1) is 18.7. The smallest absolute Gasteiger partial charge is 0.382 e. The summed E-state index contributed by atoms with van der Waals surface area (Å²) >= 11 is 5.87. The van der Waals surface area contributed by atoms with E-state index in [2.05, 4.69) is 10.6 Å². The number of hydrogen-bond acceptors (Lipinski definition) is 3. The molecule has 204 valence electrons. The summed E-state index contributed by atoms with van der Waals surface area (Å²) in [5.74, 6) is 1.01. The highest BCUT2D eigenvalue weighted by Crippen LogP contribution is 2.35. The van der Waals surface area contributed by atoms with Crippen LogP contribution in [-0.2, 0) is 23.9 Å². The lowest BCUT2D eigenvalue weighted by atomic mass is 10.1. The molecule has 0 atom stereocenters. The molecule has 10 heteroatoms. The molecule has 5 nitrogen and oxygen atoms in total. The third-order valence-corrected chi connectivity index (χ3v) is 8.47. The molecule has 0 unspecified atom stereocenters. The third kappa shape index (κ3) is 6.65. The van der Waals surface area contributed by atoms with Crippen molar-refractivity contribution in [2.45, 2.75) is 38.1 Å². The zero-order valence-electron chi connectivity index (χ0n) is 20.9. The maximum absolute atomic E-state index is 13.6. The van der Waals surface area contributed by atoms with Crippen molar-refractivity contribution in [3.05, 3.63) is 88.9 Å². The van der Waals surface area contributed by atoms with Gasteiger partial charge in [-0.15, -0.1) is 0 Å². The molecule has 5 rings (SSSR count). The monoisotopic (exact) mass is 573 g/mol. The van der Waals surface area contributed by atoms with Crippen molar-refractivity contribution in [1.82, 2.24) is 9.88 Å². The first-order valence-electron chi connectivity index (χ1n) is 12.6. The van der Waals surface area contributed by atoms with Crippen molar-refractivity contribution in [1.29, 1.82) is 0 Å². The van der Waals surface area contributed by atoms with Crippen LogP contribution in [0.2, 0.25) is 5.02 Å². The van der Waals surface area contributed by atoms with Crippen LogP contribution in [0, 0.1) is 0 Å². The molecule has 0 saturated carbocycles. The number of alkyl halides is 3. The summed E-state index contributed by atoms with van der Waals surface area (Å²) in [7, 11) is -0.796. The Kier molecular flexibility index (Phi) is 8.00. The summed E-state index contributed by atoms with van der Waals surface area (Å²) in [5, 5.41) is 7.57. The van der Waals surface area contributed by atoms with E-state index in [9.17, 15) is 22.2 Å². The number of carbonyl (C=O) groups is 1. The number of halogens is 4. The number of amides is 1. The Morgan fingerprint density at radius 2 is 1.69 bits per heavy atom. The molecule has 4 aromatic rings. The van der Waals surface area contributed by atoms with Gasteiger partial charge in [-0.2, -0.15) is 13.2 Å². The number of hydrogen-bond donors (Lipinski definition) is 2. The Bertz CT molecular complexity index is 1490. The number of nitrogens with zero attached hydrogens (tertiary/aromatic N) is 1. The van der Waals surface area contributed by atoms with Crippen LogP contribution in [0.15, 0.2) is 72.8 Å². The second-order valence-corrected chi connectivity index (χ2v) is 11.8. The fourth-order valence-electron chi connectivity index (χ4n) is 4.84. The third-order valence-electron chi connectivity index (χ3n) is 6.84. The van der Waals surface area contributed by atoms with E-state index < -0.39 is 23.5 Å². The van der Waals surface area contributed by atoms with Crippen molar-refractivity contribution < 1.29 is 22.2 Å². The first kappa shape index (κ1) is 27.3. The maximum atomic E-state index is 13.6. The second-order valence-electron chi connectivity index (χ2n) is 9.62. The zero-order valence-corrected chi connectivity index (χ0v) is 22.5. The molecule has 39 heavy (non-hydrogen) atoms. The fourth-order valence-corrected chi connectivity index (χ4v) is 6.26. The highest BCUT2D eigenvalue weighted by Gasteiger charge is 2.30. The summed E-state index contributed by atoms with van der Waals surface area (Å²) < 4.78 is 54.0. The normalized spacial score (nSPS) is 17.7.